The molecule has 1 aliphatic rings. The summed E-state index contributed by atoms with van der Waals surface area (Å²) in [6.45, 7) is 7.41. The summed E-state index contributed by atoms with van der Waals surface area (Å²) in [4.78, 5) is 24.3. The molecule has 1 amide bonds. The van der Waals surface area contributed by atoms with Gasteiger partial charge >= 0.3 is 0 Å². The Balaban J connectivity index is 1.82. The molecule has 2 heterocycles. The topological polar surface area (TPSA) is 75.4 Å². The molecule has 1 aromatic heterocycles. The SMILES string of the molecule is CCN(CC)C(=O)CCC1CCN(c2ncnc(N)c2Cl)CC1. The van der Waals surface area contributed by atoms with Crippen LogP contribution >= 0.6 is 11.6 Å². The highest BCUT2D eigenvalue weighted by molar-refractivity contribution is 6.35. The van der Waals surface area contributed by atoms with E-state index in [1.807, 2.05) is 18.7 Å². The van der Waals surface area contributed by atoms with E-state index in [1.165, 1.54) is 6.33 Å². The second-order valence-electron chi connectivity index (χ2n) is 5.93. The number of piperidine rings is 1. The number of carbonyl (C=O) groups excluding carboxylic acids is 1. The largest absolute Gasteiger partial charge is 0.382 e. The van der Waals surface area contributed by atoms with Crippen molar-refractivity contribution in [1.82, 2.24) is 14.9 Å². The van der Waals surface area contributed by atoms with Gasteiger partial charge in [-0.2, -0.15) is 0 Å². The van der Waals surface area contributed by atoms with Gasteiger partial charge in [0.15, 0.2) is 5.82 Å². The Bertz CT molecular complexity index is 527. The standard InChI is InChI=1S/C16H26ClN5O/c1-3-21(4-2)13(23)6-5-12-7-9-22(10-8-12)16-14(17)15(18)19-11-20-16/h11-12H,3-10H2,1-2H3,(H2,18,19,20). The number of anilines is 2. The van der Waals surface area contributed by atoms with E-state index < -0.39 is 0 Å². The van der Waals surface area contributed by atoms with E-state index in [9.17, 15) is 4.79 Å². The Labute approximate surface area is 143 Å². The lowest BCUT2D eigenvalue weighted by atomic mass is 9.92. The average molecular weight is 340 g/mol. The maximum absolute atomic E-state index is 12.1. The quantitative estimate of drug-likeness (QED) is 0.862. The second kappa shape index (κ2) is 8.34. The molecule has 128 valence electrons. The minimum Gasteiger partial charge on any atom is -0.382 e. The molecule has 0 aliphatic carbocycles. The number of nitrogens with zero attached hydrogens (tertiary/aromatic N) is 4. The monoisotopic (exact) mass is 339 g/mol. The summed E-state index contributed by atoms with van der Waals surface area (Å²) >= 11 is 6.19. The Morgan fingerprint density at radius 3 is 2.61 bits per heavy atom. The van der Waals surface area contributed by atoms with Crippen molar-refractivity contribution in [3.63, 3.8) is 0 Å². The highest BCUT2D eigenvalue weighted by atomic mass is 35.5. The molecule has 2 N–H and O–H groups in total. The lowest BCUT2D eigenvalue weighted by Gasteiger charge is -2.33. The van der Waals surface area contributed by atoms with Crippen LogP contribution in [0.15, 0.2) is 6.33 Å². The van der Waals surface area contributed by atoms with Gasteiger partial charge in [0, 0.05) is 32.6 Å². The fraction of sp³-hybridized carbons (Fsp3) is 0.688. The highest BCUT2D eigenvalue weighted by Crippen LogP contribution is 2.31. The van der Waals surface area contributed by atoms with Crippen LogP contribution in [-0.4, -0.2) is 47.0 Å². The zero-order valence-corrected chi connectivity index (χ0v) is 14.7. The van der Waals surface area contributed by atoms with Gasteiger partial charge in [-0.1, -0.05) is 11.6 Å². The van der Waals surface area contributed by atoms with Crippen molar-refractivity contribution in [3.8, 4) is 0 Å². The van der Waals surface area contributed by atoms with Gasteiger partial charge in [-0.25, -0.2) is 9.97 Å². The molecule has 1 aromatic rings. The molecule has 0 spiro atoms. The molecule has 1 aliphatic heterocycles. The summed E-state index contributed by atoms with van der Waals surface area (Å²) in [5, 5.41) is 0.433. The molecule has 0 bridgehead atoms. The maximum atomic E-state index is 12.1. The van der Waals surface area contributed by atoms with Crippen molar-refractivity contribution < 1.29 is 4.79 Å². The van der Waals surface area contributed by atoms with Crippen LogP contribution in [0.5, 0.6) is 0 Å². The van der Waals surface area contributed by atoms with Crippen LogP contribution in [0.2, 0.25) is 5.02 Å². The molecular formula is C16H26ClN5O. The molecule has 2 rings (SSSR count). The van der Waals surface area contributed by atoms with Crippen LogP contribution in [0.1, 0.15) is 39.5 Å². The molecule has 0 saturated carbocycles. The number of carbonyl (C=O) groups is 1. The zero-order chi connectivity index (χ0) is 16.8. The third kappa shape index (κ3) is 4.47. The van der Waals surface area contributed by atoms with Crippen molar-refractivity contribution in [2.45, 2.75) is 39.5 Å². The maximum Gasteiger partial charge on any atom is 0.222 e. The van der Waals surface area contributed by atoms with E-state index in [1.54, 1.807) is 0 Å². The summed E-state index contributed by atoms with van der Waals surface area (Å²) in [5.74, 6) is 1.90. The molecular weight excluding hydrogens is 314 g/mol. The molecule has 0 aromatic carbocycles. The van der Waals surface area contributed by atoms with Gasteiger partial charge in [-0.05, 0) is 39.0 Å². The van der Waals surface area contributed by atoms with E-state index in [4.69, 9.17) is 17.3 Å². The zero-order valence-electron chi connectivity index (χ0n) is 14.0. The van der Waals surface area contributed by atoms with Crippen molar-refractivity contribution in [1.29, 1.82) is 0 Å². The first-order valence-corrected chi connectivity index (χ1v) is 8.73. The number of rotatable bonds is 6. The van der Waals surface area contributed by atoms with Gasteiger partial charge in [-0.15, -0.1) is 0 Å². The van der Waals surface area contributed by atoms with Gasteiger partial charge in [0.05, 0.1) is 0 Å². The van der Waals surface area contributed by atoms with Crippen LogP contribution in [-0.2, 0) is 4.79 Å². The van der Waals surface area contributed by atoms with Gasteiger partial charge in [0.1, 0.15) is 17.2 Å². The lowest BCUT2D eigenvalue weighted by molar-refractivity contribution is -0.131. The molecule has 1 saturated heterocycles. The predicted octanol–water partition coefficient (Wildman–Crippen LogP) is 2.58. The number of hydrogen-bond donors (Lipinski definition) is 1. The summed E-state index contributed by atoms with van der Waals surface area (Å²) in [6.07, 6.45) is 5.15. The fourth-order valence-corrected chi connectivity index (χ4v) is 3.31. The van der Waals surface area contributed by atoms with Crippen LogP contribution < -0.4 is 10.6 Å². The Kier molecular flexibility index (Phi) is 6.45. The number of nitrogen functional groups attached to an aromatic ring is 1. The number of amides is 1. The van der Waals surface area contributed by atoms with Gasteiger partial charge in [0.25, 0.3) is 0 Å². The number of aromatic nitrogens is 2. The van der Waals surface area contributed by atoms with E-state index in [0.29, 0.717) is 23.2 Å². The Morgan fingerprint density at radius 2 is 2.00 bits per heavy atom. The van der Waals surface area contributed by atoms with Crippen molar-refractivity contribution in [2.75, 3.05) is 36.8 Å². The summed E-state index contributed by atoms with van der Waals surface area (Å²) in [6, 6.07) is 0. The number of halogens is 1. The third-order valence-corrected chi connectivity index (χ3v) is 4.96. The third-order valence-electron chi connectivity index (χ3n) is 4.59. The first-order valence-electron chi connectivity index (χ1n) is 8.35. The number of nitrogens with two attached hydrogens (primary N) is 1. The highest BCUT2D eigenvalue weighted by Gasteiger charge is 2.23. The van der Waals surface area contributed by atoms with Crippen LogP contribution in [0.3, 0.4) is 0 Å². The van der Waals surface area contributed by atoms with Crippen molar-refractivity contribution >= 4 is 29.1 Å². The van der Waals surface area contributed by atoms with Crippen molar-refractivity contribution in [3.05, 3.63) is 11.3 Å². The van der Waals surface area contributed by atoms with E-state index >= 15 is 0 Å². The van der Waals surface area contributed by atoms with Crippen LogP contribution in [0, 0.1) is 5.92 Å². The predicted molar refractivity (Wildman–Crippen MR) is 93.6 cm³/mol. The van der Waals surface area contributed by atoms with Crippen LogP contribution in [0.4, 0.5) is 11.6 Å². The first kappa shape index (κ1) is 17.8. The van der Waals surface area contributed by atoms with Gasteiger partial charge in [-0.3, -0.25) is 4.79 Å². The molecule has 1 fully saturated rings. The normalized spacial score (nSPS) is 15.7. The first-order chi connectivity index (χ1) is 11.1. The Morgan fingerprint density at radius 1 is 1.35 bits per heavy atom. The second-order valence-corrected chi connectivity index (χ2v) is 6.31. The smallest absolute Gasteiger partial charge is 0.222 e. The molecule has 0 atom stereocenters. The number of hydrogen-bond acceptors (Lipinski definition) is 5. The molecule has 7 heteroatoms. The lowest BCUT2D eigenvalue weighted by Crippen LogP contribution is -2.35. The van der Waals surface area contributed by atoms with E-state index in [0.717, 1.165) is 51.3 Å². The summed E-state index contributed by atoms with van der Waals surface area (Å²) in [5.41, 5.74) is 5.74. The molecule has 23 heavy (non-hydrogen) atoms. The van der Waals surface area contributed by atoms with Crippen molar-refractivity contribution in [2.24, 2.45) is 5.92 Å². The molecule has 6 nitrogen and oxygen atoms in total. The van der Waals surface area contributed by atoms with Gasteiger partial charge in [0.2, 0.25) is 5.91 Å². The molecule has 0 unspecified atom stereocenters. The van der Waals surface area contributed by atoms with Crippen LogP contribution in [0.25, 0.3) is 0 Å². The fourth-order valence-electron chi connectivity index (χ4n) is 3.09. The average Bonchev–Trinajstić information content (AvgIpc) is 2.57. The minimum atomic E-state index is 0.268. The van der Waals surface area contributed by atoms with Gasteiger partial charge < -0.3 is 15.5 Å². The van der Waals surface area contributed by atoms with E-state index in [-0.39, 0.29) is 5.91 Å². The molecule has 0 radical (unpaired) electrons. The Hall–Kier alpha value is -1.56. The summed E-state index contributed by atoms with van der Waals surface area (Å²) < 4.78 is 0. The van der Waals surface area contributed by atoms with E-state index in [2.05, 4.69) is 14.9 Å². The minimum absolute atomic E-state index is 0.268. The summed E-state index contributed by atoms with van der Waals surface area (Å²) in [7, 11) is 0.